The highest BCUT2D eigenvalue weighted by Crippen LogP contribution is 2.25. The van der Waals surface area contributed by atoms with Crippen LogP contribution in [0.5, 0.6) is 5.75 Å². The molecule has 3 nitrogen and oxygen atoms in total. The van der Waals surface area contributed by atoms with Crippen LogP contribution >= 0.6 is 0 Å². The molecule has 18 heavy (non-hydrogen) atoms. The van der Waals surface area contributed by atoms with Crippen LogP contribution in [0, 0.1) is 0 Å². The van der Waals surface area contributed by atoms with Gasteiger partial charge in [0.2, 0.25) is 0 Å². The lowest BCUT2D eigenvalue weighted by atomic mass is 10.1. The first-order valence-corrected chi connectivity index (χ1v) is 6.31. The number of nitrogens with one attached hydrogen (secondary N) is 1. The van der Waals surface area contributed by atoms with Gasteiger partial charge < -0.3 is 10.4 Å². The lowest BCUT2D eigenvalue weighted by Crippen LogP contribution is -2.01. The van der Waals surface area contributed by atoms with Gasteiger partial charge in [0, 0.05) is 5.69 Å². The fourth-order valence-corrected chi connectivity index (χ4v) is 2.40. The van der Waals surface area contributed by atoms with E-state index in [-0.39, 0.29) is 5.75 Å². The van der Waals surface area contributed by atoms with Crippen molar-refractivity contribution < 1.29 is 5.11 Å². The van der Waals surface area contributed by atoms with E-state index >= 15 is 0 Å². The van der Waals surface area contributed by atoms with Crippen LogP contribution < -0.4 is 5.32 Å². The highest BCUT2D eigenvalue weighted by atomic mass is 16.3. The Hall–Kier alpha value is -2.03. The van der Waals surface area contributed by atoms with Crippen LogP contribution in [0.3, 0.4) is 0 Å². The first-order chi connectivity index (χ1) is 8.81. The zero-order chi connectivity index (χ0) is 12.4. The van der Waals surface area contributed by atoms with Gasteiger partial charge in [-0.3, -0.25) is 4.98 Å². The minimum absolute atomic E-state index is 0.205. The third-order valence-corrected chi connectivity index (χ3v) is 3.38. The Morgan fingerprint density at radius 1 is 1.11 bits per heavy atom. The fraction of sp³-hybridized carbons (Fsp3) is 0.267. The number of aryl methyl sites for hydroxylation is 2. The van der Waals surface area contributed by atoms with Crippen molar-refractivity contribution in [3.05, 3.63) is 53.3 Å². The molecule has 1 aliphatic rings. The van der Waals surface area contributed by atoms with Gasteiger partial charge in [0.15, 0.2) is 0 Å². The van der Waals surface area contributed by atoms with Gasteiger partial charge in [-0.15, -0.1) is 0 Å². The molecule has 1 aromatic heterocycles. The molecule has 1 aliphatic carbocycles. The molecule has 0 bridgehead atoms. The summed E-state index contributed by atoms with van der Waals surface area (Å²) in [4.78, 5) is 4.15. The summed E-state index contributed by atoms with van der Waals surface area (Å²) in [5.74, 6) is 0.205. The van der Waals surface area contributed by atoms with Gasteiger partial charge in [-0.25, -0.2) is 0 Å². The van der Waals surface area contributed by atoms with Crippen molar-refractivity contribution in [3.8, 4) is 5.75 Å². The number of aromatic hydroxyl groups is 1. The highest BCUT2D eigenvalue weighted by molar-refractivity contribution is 5.50. The first-order valence-electron chi connectivity index (χ1n) is 6.31. The van der Waals surface area contributed by atoms with E-state index in [1.54, 1.807) is 6.07 Å². The second-order valence-corrected chi connectivity index (χ2v) is 4.70. The minimum atomic E-state index is 0.205. The zero-order valence-corrected chi connectivity index (χ0v) is 10.2. The van der Waals surface area contributed by atoms with Gasteiger partial charge in [-0.2, -0.15) is 0 Å². The van der Waals surface area contributed by atoms with Crippen molar-refractivity contribution in [1.82, 2.24) is 4.98 Å². The molecular formula is C15H16N2O. The standard InChI is InChI=1S/C15H16N2O/c18-15-7-6-14(17-10-15)9-16-13-5-4-11-2-1-3-12(11)8-13/h4-8,10,16,18H,1-3,9H2. The summed E-state index contributed by atoms with van der Waals surface area (Å²) in [6, 6.07) is 10.1. The maximum Gasteiger partial charge on any atom is 0.133 e. The van der Waals surface area contributed by atoms with Gasteiger partial charge in [-0.1, -0.05) is 6.07 Å². The van der Waals surface area contributed by atoms with Gasteiger partial charge in [0.25, 0.3) is 0 Å². The molecule has 0 saturated heterocycles. The van der Waals surface area contributed by atoms with E-state index in [0.29, 0.717) is 6.54 Å². The number of anilines is 1. The summed E-state index contributed by atoms with van der Waals surface area (Å²) in [5.41, 5.74) is 5.03. The molecule has 3 rings (SSSR count). The van der Waals surface area contributed by atoms with Crippen molar-refractivity contribution in [2.24, 2.45) is 0 Å². The minimum Gasteiger partial charge on any atom is -0.506 e. The molecule has 0 amide bonds. The normalized spacial score (nSPS) is 13.3. The lowest BCUT2D eigenvalue weighted by molar-refractivity contribution is 0.472. The van der Waals surface area contributed by atoms with Crippen LogP contribution in [0.15, 0.2) is 36.5 Å². The Balaban J connectivity index is 1.68. The van der Waals surface area contributed by atoms with E-state index in [2.05, 4.69) is 28.5 Å². The van der Waals surface area contributed by atoms with Gasteiger partial charge >= 0.3 is 0 Å². The third-order valence-electron chi connectivity index (χ3n) is 3.38. The molecule has 2 aromatic rings. The molecule has 2 N–H and O–H groups in total. The first kappa shape index (κ1) is 11.1. The van der Waals surface area contributed by atoms with Gasteiger partial charge in [0.05, 0.1) is 18.4 Å². The molecule has 1 aromatic carbocycles. The number of fused-ring (bicyclic) bond motifs is 1. The number of hydrogen-bond acceptors (Lipinski definition) is 3. The number of aromatic nitrogens is 1. The maximum absolute atomic E-state index is 9.16. The monoisotopic (exact) mass is 240 g/mol. The zero-order valence-electron chi connectivity index (χ0n) is 10.2. The van der Waals surface area contributed by atoms with E-state index in [4.69, 9.17) is 5.11 Å². The van der Waals surface area contributed by atoms with Crippen LogP contribution in [-0.4, -0.2) is 10.1 Å². The summed E-state index contributed by atoms with van der Waals surface area (Å²) in [7, 11) is 0. The molecule has 3 heteroatoms. The highest BCUT2D eigenvalue weighted by Gasteiger charge is 2.10. The molecule has 0 aliphatic heterocycles. The number of rotatable bonds is 3. The SMILES string of the molecule is Oc1ccc(CNc2ccc3c(c2)CCC3)nc1. The predicted octanol–water partition coefficient (Wildman–Crippen LogP) is 2.89. The summed E-state index contributed by atoms with van der Waals surface area (Å²) in [6.45, 7) is 0.680. The molecule has 0 spiro atoms. The Labute approximate surface area is 107 Å². The summed E-state index contributed by atoms with van der Waals surface area (Å²) in [5, 5.41) is 12.5. The lowest BCUT2D eigenvalue weighted by Gasteiger charge is -2.08. The van der Waals surface area contributed by atoms with E-state index in [1.165, 1.54) is 36.6 Å². The van der Waals surface area contributed by atoms with Crippen LogP contribution in [0.4, 0.5) is 5.69 Å². The van der Waals surface area contributed by atoms with Crippen molar-refractivity contribution in [1.29, 1.82) is 0 Å². The number of nitrogens with zero attached hydrogens (tertiary/aromatic N) is 1. The third kappa shape index (κ3) is 2.30. The second kappa shape index (κ2) is 4.69. The van der Waals surface area contributed by atoms with Crippen molar-refractivity contribution in [2.75, 3.05) is 5.32 Å². The Kier molecular flexibility index (Phi) is 2.89. The topological polar surface area (TPSA) is 45.1 Å². The molecule has 0 saturated carbocycles. The van der Waals surface area contributed by atoms with Crippen LogP contribution in [-0.2, 0) is 19.4 Å². The average Bonchev–Trinajstić information content (AvgIpc) is 2.85. The summed E-state index contributed by atoms with van der Waals surface area (Å²) in [6.07, 6.45) is 5.16. The maximum atomic E-state index is 9.16. The van der Waals surface area contributed by atoms with Crippen LogP contribution in [0.1, 0.15) is 23.2 Å². The fourth-order valence-electron chi connectivity index (χ4n) is 2.40. The van der Waals surface area contributed by atoms with Crippen molar-refractivity contribution in [3.63, 3.8) is 0 Å². The largest absolute Gasteiger partial charge is 0.506 e. The molecule has 1 heterocycles. The second-order valence-electron chi connectivity index (χ2n) is 4.70. The molecule has 0 fully saturated rings. The van der Waals surface area contributed by atoms with E-state index in [1.807, 2.05) is 6.07 Å². The Morgan fingerprint density at radius 3 is 2.83 bits per heavy atom. The van der Waals surface area contributed by atoms with Gasteiger partial charge in [0.1, 0.15) is 5.75 Å². The predicted molar refractivity (Wildman–Crippen MR) is 71.7 cm³/mol. The Morgan fingerprint density at radius 2 is 2.00 bits per heavy atom. The number of pyridine rings is 1. The van der Waals surface area contributed by atoms with Crippen LogP contribution in [0.25, 0.3) is 0 Å². The molecule has 92 valence electrons. The van der Waals surface area contributed by atoms with Crippen LogP contribution in [0.2, 0.25) is 0 Å². The summed E-state index contributed by atoms with van der Waals surface area (Å²) >= 11 is 0. The molecule has 0 atom stereocenters. The van der Waals surface area contributed by atoms with Crippen molar-refractivity contribution in [2.45, 2.75) is 25.8 Å². The van der Waals surface area contributed by atoms with Gasteiger partial charge in [-0.05, 0) is 54.7 Å². The molecule has 0 radical (unpaired) electrons. The number of benzene rings is 1. The molecular weight excluding hydrogens is 224 g/mol. The quantitative estimate of drug-likeness (QED) is 0.867. The van der Waals surface area contributed by atoms with E-state index in [9.17, 15) is 0 Å². The Bertz CT molecular complexity index is 549. The average molecular weight is 240 g/mol. The number of hydrogen-bond donors (Lipinski definition) is 2. The smallest absolute Gasteiger partial charge is 0.133 e. The van der Waals surface area contributed by atoms with E-state index in [0.717, 1.165) is 11.4 Å². The van der Waals surface area contributed by atoms with E-state index < -0.39 is 0 Å². The summed E-state index contributed by atoms with van der Waals surface area (Å²) < 4.78 is 0. The van der Waals surface area contributed by atoms with Crippen molar-refractivity contribution >= 4 is 5.69 Å². The molecule has 0 unspecified atom stereocenters.